The van der Waals surface area contributed by atoms with Crippen LogP contribution in [0.1, 0.15) is 45.5 Å². The van der Waals surface area contributed by atoms with E-state index in [1.807, 2.05) is 13.2 Å². The molecule has 0 saturated carbocycles. The second-order valence-corrected chi connectivity index (χ2v) is 5.31. The number of nitrogens with one attached hydrogen (secondary N) is 1. The molecule has 1 aromatic heterocycles. The molecule has 1 aromatic rings. The van der Waals surface area contributed by atoms with Gasteiger partial charge in [0.25, 0.3) is 0 Å². The fourth-order valence-corrected chi connectivity index (χ4v) is 2.51. The molecular formula is C14H28N4. The van der Waals surface area contributed by atoms with Crippen LogP contribution in [0.2, 0.25) is 0 Å². The predicted octanol–water partition coefficient (Wildman–Crippen LogP) is 2.28. The molecule has 2 unspecified atom stereocenters. The molecule has 4 heteroatoms. The lowest BCUT2D eigenvalue weighted by Crippen LogP contribution is -2.51. The Hall–Kier alpha value is -0.870. The molecule has 0 bridgehead atoms. The van der Waals surface area contributed by atoms with E-state index < -0.39 is 0 Å². The fraction of sp³-hybridized carbons (Fsp3) is 0.786. The minimum Gasteiger partial charge on any atom is -0.334 e. The first-order valence-electron chi connectivity index (χ1n) is 6.86. The van der Waals surface area contributed by atoms with Gasteiger partial charge < -0.3 is 14.8 Å². The van der Waals surface area contributed by atoms with Crippen LogP contribution in [0.4, 0.5) is 0 Å². The van der Waals surface area contributed by atoms with Gasteiger partial charge in [-0.2, -0.15) is 0 Å². The monoisotopic (exact) mass is 252 g/mol. The summed E-state index contributed by atoms with van der Waals surface area (Å²) in [6.07, 6.45) is 6.19. The number of likely N-dealkylation sites (N-methyl/N-ethyl adjacent to an activating group) is 2. The molecule has 0 radical (unpaired) electrons. The molecule has 0 spiro atoms. The van der Waals surface area contributed by atoms with E-state index >= 15 is 0 Å². The van der Waals surface area contributed by atoms with Crippen molar-refractivity contribution in [3.05, 3.63) is 18.2 Å². The lowest BCUT2D eigenvalue weighted by atomic mass is 9.87. The Bertz CT molecular complexity index is 358. The molecule has 104 valence electrons. The molecular weight excluding hydrogens is 224 g/mol. The number of aryl methyl sites for hydroxylation is 1. The van der Waals surface area contributed by atoms with Gasteiger partial charge in [0.05, 0.1) is 6.04 Å². The van der Waals surface area contributed by atoms with Crippen LogP contribution in [0.25, 0.3) is 0 Å². The van der Waals surface area contributed by atoms with Crippen molar-refractivity contribution in [1.29, 1.82) is 0 Å². The van der Waals surface area contributed by atoms with Crippen molar-refractivity contribution in [3.63, 3.8) is 0 Å². The lowest BCUT2D eigenvalue weighted by molar-refractivity contribution is 0.111. The topological polar surface area (TPSA) is 33.1 Å². The second kappa shape index (κ2) is 6.34. The maximum Gasteiger partial charge on any atom is 0.127 e. The van der Waals surface area contributed by atoms with Gasteiger partial charge in [0.2, 0.25) is 0 Å². The second-order valence-electron chi connectivity index (χ2n) is 5.31. The Kier molecular flexibility index (Phi) is 5.35. The first-order chi connectivity index (χ1) is 8.51. The molecule has 18 heavy (non-hydrogen) atoms. The average Bonchev–Trinajstić information content (AvgIpc) is 2.78. The highest BCUT2D eigenvalue weighted by Crippen LogP contribution is 2.31. The van der Waals surface area contributed by atoms with Crippen molar-refractivity contribution in [2.75, 3.05) is 21.1 Å². The summed E-state index contributed by atoms with van der Waals surface area (Å²) in [4.78, 5) is 6.87. The van der Waals surface area contributed by atoms with Crippen LogP contribution in [-0.4, -0.2) is 41.1 Å². The summed E-state index contributed by atoms with van der Waals surface area (Å²) in [5.41, 5.74) is 0.0611. The molecule has 1 N–H and O–H groups in total. The third-order valence-corrected chi connectivity index (χ3v) is 4.12. The third kappa shape index (κ3) is 2.75. The van der Waals surface area contributed by atoms with Crippen molar-refractivity contribution >= 4 is 0 Å². The quantitative estimate of drug-likeness (QED) is 0.808. The molecule has 0 fully saturated rings. The Morgan fingerprint density at radius 1 is 1.44 bits per heavy atom. The molecule has 1 rings (SSSR count). The smallest absolute Gasteiger partial charge is 0.127 e. The minimum absolute atomic E-state index is 0.0611. The van der Waals surface area contributed by atoms with E-state index in [9.17, 15) is 0 Å². The number of rotatable bonds is 7. The number of nitrogens with zero attached hydrogens (tertiary/aromatic N) is 3. The number of hydrogen-bond donors (Lipinski definition) is 1. The molecule has 4 nitrogen and oxygen atoms in total. The van der Waals surface area contributed by atoms with Gasteiger partial charge in [0, 0.05) is 24.5 Å². The Morgan fingerprint density at radius 2 is 2.11 bits per heavy atom. The molecule has 0 aliphatic heterocycles. The summed E-state index contributed by atoms with van der Waals surface area (Å²) < 4.78 is 2.26. The fourth-order valence-electron chi connectivity index (χ4n) is 2.51. The van der Waals surface area contributed by atoms with Crippen LogP contribution in [0, 0.1) is 0 Å². The van der Waals surface area contributed by atoms with Crippen molar-refractivity contribution in [1.82, 2.24) is 19.8 Å². The number of aromatic nitrogens is 2. The highest BCUT2D eigenvalue weighted by atomic mass is 15.2. The maximum atomic E-state index is 4.58. The molecule has 1 heterocycles. The first-order valence-corrected chi connectivity index (χ1v) is 6.86. The van der Waals surface area contributed by atoms with Crippen LogP contribution in [0.3, 0.4) is 0 Å². The molecule has 2 atom stereocenters. The van der Waals surface area contributed by atoms with Gasteiger partial charge in [0.15, 0.2) is 0 Å². The van der Waals surface area contributed by atoms with E-state index in [0.29, 0.717) is 0 Å². The highest BCUT2D eigenvalue weighted by Gasteiger charge is 2.37. The molecule has 0 aliphatic carbocycles. The summed E-state index contributed by atoms with van der Waals surface area (Å²) in [5, 5.41) is 3.45. The summed E-state index contributed by atoms with van der Waals surface area (Å²) in [6, 6.07) is 0.235. The van der Waals surface area contributed by atoms with E-state index in [0.717, 1.165) is 25.2 Å². The Balaban J connectivity index is 3.11. The Labute approximate surface area is 111 Å². The lowest BCUT2D eigenvalue weighted by Gasteiger charge is -2.42. The average molecular weight is 252 g/mol. The predicted molar refractivity (Wildman–Crippen MR) is 76.7 cm³/mol. The van der Waals surface area contributed by atoms with Crippen LogP contribution >= 0.6 is 0 Å². The zero-order valence-corrected chi connectivity index (χ0v) is 12.7. The van der Waals surface area contributed by atoms with Gasteiger partial charge in [-0.3, -0.25) is 0 Å². The van der Waals surface area contributed by atoms with Crippen molar-refractivity contribution in [2.24, 2.45) is 0 Å². The highest BCUT2D eigenvalue weighted by molar-refractivity contribution is 5.09. The van der Waals surface area contributed by atoms with E-state index in [-0.39, 0.29) is 11.6 Å². The molecule has 0 amide bonds. The van der Waals surface area contributed by atoms with E-state index in [1.165, 1.54) is 0 Å². The van der Waals surface area contributed by atoms with Gasteiger partial charge in [-0.15, -0.1) is 0 Å². The van der Waals surface area contributed by atoms with Gasteiger partial charge in [-0.05, 0) is 40.9 Å². The minimum atomic E-state index is 0.0611. The Morgan fingerprint density at radius 3 is 2.56 bits per heavy atom. The normalized spacial score (nSPS) is 16.8. The van der Waals surface area contributed by atoms with E-state index in [2.05, 4.69) is 60.8 Å². The zero-order chi connectivity index (χ0) is 13.8. The van der Waals surface area contributed by atoms with Crippen LogP contribution in [0.5, 0.6) is 0 Å². The standard InChI is InChI=1S/C14H28N4/c1-7-10-18-11-9-16-13(18)12(15-4)14(3,8-2)17(5)6/h9,11-12,15H,7-8,10H2,1-6H3. The summed E-state index contributed by atoms with van der Waals surface area (Å²) in [6.45, 7) is 7.75. The van der Waals surface area contributed by atoms with Gasteiger partial charge in [0.1, 0.15) is 5.82 Å². The summed E-state index contributed by atoms with van der Waals surface area (Å²) in [5.74, 6) is 1.14. The van der Waals surface area contributed by atoms with Gasteiger partial charge >= 0.3 is 0 Å². The van der Waals surface area contributed by atoms with E-state index in [4.69, 9.17) is 0 Å². The number of hydrogen-bond acceptors (Lipinski definition) is 3. The zero-order valence-electron chi connectivity index (χ0n) is 12.7. The van der Waals surface area contributed by atoms with Crippen molar-refractivity contribution < 1.29 is 0 Å². The largest absolute Gasteiger partial charge is 0.334 e. The first kappa shape index (κ1) is 15.2. The van der Waals surface area contributed by atoms with Crippen LogP contribution in [-0.2, 0) is 6.54 Å². The summed E-state index contributed by atoms with van der Waals surface area (Å²) >= 11 is 0. The maximum absolute atomic E-state index is 4.58. The van der Waals surface area contributed by atoms with E-state index in [1.54, 1.807) is 0 Å². The van der Waals surface area contributed by atoms with Crippen molar-refractivity contribution in [3.8, 4) is 0 Å². The SMILES string of the molecule is CCCn1ccnc1C(NC)C(C)(CC)N(C)C. The molecule has 0 saturated heterocycles. The van der Waals surface area contributed by atoms with Crippen LogP contribution < -0.4 is 5.32 Å². The van der Waals surface area contributed by atoms with Gasteiger partial charge in [-0.25, -0.2) is 4.98 Å². The molecule has 0 aromatic carbocycles. The van der Waals surface area contributed by atoms with Crippen LogP contribution in [0.15, 0.2) is 12.4 Å². The molecule has 0 aliphatic rings. The van der Waals surface area contributed by atoms with Gasteiger partial charge in [-0.1, -0.05) is 13.8 Å². The number of imidazole rings is 1. The third-order valence-electron chi connectivity index (χ3n) is 4.12. The summed E-state index contributed by atoms with van der Waals surface area (Å²) in [7, 11) is 6.30. The van der Waals surface area contributed by atoms with Crippen molar-refractivity contribution in [2.45, 2.75) is 51.7 Å².